The first-order valence-corrected chi connectivity index (χ1v) is 8.35. The Morgan fingerprint density at radius 1 is 1.33 bits per heavy atom. The van der Waals surface area contributed by atoms with Gasteiger partial charge in [0.05, 0.1) is 20.9 Å². The Bertz CT molecular complexity index is 662. The Morgan fingerprint density at radius 2 is 1.95 bits per heavy atom. The van der Waals surface area contributed by atoms with Crippen molar-refractivity contribution in [1.29, 1.82) is 0 Å². The predicted octanol–water partition coefficient (Wildman–Crippen LogP) is 5.92. The van der Waals surface area contributed by atoms with Crippen molar-refractivity contribution in [3.05, 3.63) is 28.2 Å². The van der Waals surface area contributed by atoms with E-state index in [-0.39, 0.29) is 16.6 Å². The fourth-order valence-electron chi connectivity index (χ4n) is 2.20. The molecule has 0 N–H and O–H groups in total. The molecule has 1 aromatic heterocycles. The molecule has 0 saturated carbocycles. The van der Waals surface area contributed by atoms with Crippen LogP contribution in [0.2, 0.25) is 0 Å². The fraction of sp³-hybridized carbons (Fsp3) is 0.562. The van der Waals surface area contributed by atoms with Crippen molar-refractivity contribution in [2.75, 3.05) is 0 Å². The Labute approximate surface area is 138 Å². The van der Waals surface area contributed by atoms with E-state index >= 15 is 0 Å². The summed E-state index contributed by atoms with van der Waals surface area (Å²) in [5, 5.41) is -0.220. The molecule has 1 atom stereocenters. The average molecular weight is 376 g/mol. The Morgan fingerprint density at radius 3 is 2.48 bits per heavy atom. The highest BCUT2D eigenvalue weighted by Crippen LogP contribution is 2.34. The minimum absolute atomic E-state index is 0.0672. The quantitative estimate of drug-likeness (QED) is 0.606. The van der Waals surface area contributed by atoms with E-state index in [1.165, 1.54) is 6.07 Å². The monoisotopic (exact) mass is 374 g/mol. The van der Waals surface area contributed by atoms with Gasteiger partial charge in [0.25, 0.3) is 0 Å². The standard InChI is InChI=1S/C16H21BrClFN2/c1-9(2)16(4,5)8-21-14-7-12(19)11(17)6-13(14)20-15(21)10(3)18/h6-7,9-10H,8H2,1-5H3. The van der Waals surface area contributed by atoms with Crippen molar-refractivity contribution in [2.45, 2.75) is 46.5 Å². The summed E-state index contributed by atoms with van der Waals surface area (Å²) in [6.45, 7) is 11.5. The molecule has 1 aromatic carbocycles. The van der Waals surface area contributed by atoms with Crippen LogP contribution in [-0.2, 0) is 6.54 Å². The second-order valence-corrected chi connectivity index (χ2v) is 8.08. The highest BCUT2D eigenvalue weighted by atomic mass is 79.9. The largest absolute Gasteiger partial charge is 0.326 e. The highest BCUT2D eigenvalue weighted by Gasteiger charge is 2.26. The second-order valence-electron chi connectivity index (χ2n) is 6.57. The first kappa shape index (κ1) is 16.8. The van der Waals surface area contributed by atoms with E-state index in [2.05, 4.69) is 53.2 Å². The van der Waals surface area contributed by atoms with Crippen molar-refractivity contribution in [1.82, 2.24) is 9.55 Å². The zero-order chi connectivity index (χ0) is 15.9. The number of halogens is 3. The Kier molecular flexibility index (Phi) is 4.69. The highest BCUT2D eigenvalue weighted by molar-refractivity contribution is 9.10. The molecular formula is C16H21BrClFN2. The maximum Gasteiger partial charge on any atom is 0.139 e. The summed E-state index contributed by atoms with van der Waals surface area (Å²) in [7, 11) is 0. The lowest BCUT2D eigenvalue weighted by Crippen LogP contribution is -2.26. The molecule has 0 fully saturated rings. The predicted molar refractivity (Wildman–Crippen MR) is 90.3 cm³/mol. The fourth-order valence-corrected chi connectivity index (χ4v) is 2.70. The zero-order valence-corrected chi connectivity index (χ0v) is 15.4. The van der Waals surface area contributed by atoms with E-state index < -0.39 is 0 Å². The minimum atomic E-state index is -0.278. The van der Waals surface area contributed by atoms with E-state index in [1.807, 2.05) is 6.92 Å². The summed E-state index contributed by atoms with van der Waals surface area (Å²) in [5.41, 5.74) is 1.63. The lowest BCUT2D eigenvalue weighted by Gasteiger charge is -2.31. The molecule has 21 heavy (non-hydrogen) atoms. The third-order valence-electron chi connectivity index (χ3n) is 4.30. The van der Waals surface area contributed by atoms with Crippen LogP contribution in [0.25, 0.3) is 11.0 Å². The zero-order valence-electron chi connectivity index (χ0n) is 13.0. The first-order valence-electron chi connectivity index (χ1n) is 7.12. The number of nitrogens with zero attached hydrogens (tertiary/aromatic N) is 2. The van der Waals surface area contributed by atoms with Crippen molar-refractivity contribution >= 4 is 38.6 Å². The average Bonchev–Trinajstić information content (AvgIpc) is 2.68. The minimum Gasteiger partial charge on any atom is -0.326 e. The third kappa shape index (κ3) is 3.26. The van der Waals surface area contributed by atoms with Gasteiger partial charge < -0.3 is 4.57 Å². The van der Waals surface area contributed by atoms with Crippen molar-refractivity contribution < 1.29 is 4.39 Å². The molecule has 0 saturated heterocycles. The Balaban J connectivity index is 2.64. The van der Waals surface area contributed by atoms with Crippen LogP contribution in [0.3, 0.4) is 0 Å². The number of aromatic nitrogens is 2. The van der Waals surface area contributed by atoms with Gasteiger partial charge in [0.2, 0.25) is 0 Å². The molecule has 0 aliphatic carbocycles. The van der Waals surface area contributed by atoms with Crippen LogP contribution in [-0.4, -0.2) is 9.55 Å². The summed E-state index contributed by atoms with van der Waals surface area (Å²) in [4.78, 5) is 4.59. The molecule has 116 valence electrons. The molecule has 0 aliphatic rings. The van der Waals surface area contributed by atoms with Gasteiger partial charge in [0.15, 0.2) is 0 Å². The van der Waals surface area contributed by atoms with Crippen molar-refractivity contribution in [2.24, 2.45) is 11.3 Å². The number of imidazole rings is 1. The number of alkyl halides is 1. The van der Waals surface area contributed by atoms with Crippen molar-refractivity contribution in [3.8, 4) is 0 Å². The number of hydrogen-bond acceptors (Lipinski definition) is 1. The van der Waals surface area contributed by atoms with Gasteiger partial charge >= 0.3 is 0 Å². The van der Waals surface area contributed by atoms with Crippen LogP contribution in [0.15, 0.2) is 16.6 Å². The van der Waals surface area contributed by atoms with Gasteiger partial charge in [-0.05, 0) is 40.3 Å². The van der Waals surface area contributed by atoms with Crippen LogP contribution in [0.5, 0.6) is 0 Å². The van der Waals surface area contributed by atoms with E-state index in [0.717, 1.165) is 23.4 Å². The third-order valence-corrected chi connectivity index (χ3v) is 5.11. The van der Waals surface area contributed by atoms with Crippen LogP contribution in [0.4, 0.5) is 4.39 Å². The van der Waals surface area contributed by atoms with E-state index in [9.17, 15) is 4.39 Å². The molecule has 0 amide bonds. The first-order chi connectivity index (χ1) is 9.63. The van der Waals surface area contributed by atoms with Gasteiger partial charge in [-0.1, -0.05) is 27.7 Å². The molecule has 0 spiro atoms. The molecule has 1 unspecified atom stereocenters. The number of benzene rings is 1. The summed E-state index contributed by atoms with van der Waals surface area (Å²) >= 11 is 9.49. The lowest BCUT2D eigenvalue weighted by atomic mass is 9.81. The van der Waals surface area contributed by atoms with E-state index in [1.54, 1.807) is 6.07 Å². The normalized spacial score (nSPS) is 14.1. The molecule has 0 aliphatic heterocycles. The summed E-state index contributed by atoms with van der Waals surface area (Å²) < 4.78 is 16.4. The molecule has 0 radical (unpaired) electrons. The maximum atomic E-state index is 13.9. The van der Waals surface area contributed by atoms with Crippen LogP contribution in [0, 0.1) is 17.2 Å². The summed E-state index contributed by atoms with van der Waals surface area (Å²) in [6.07, 6.45) is 0. The van der Waals surface area contributed by atoms with Gasteiger partial charge in [-0.2, -0.15) is 0 Å². The molecular weight excluding hydrogens is 355 g/mol. The van der Waals surface area contributed by atoms with Gasteiger partial charge in [-0.15, -0.1) is 11.6 Å². The summed E-state index contributed by atoms with van der Waals surface area (Å²) in [5.74, 6) is 1.01. The maximum absolute atomic E-state index is 13.9. The second kappa shape index (κ2) is 5.88. The summed E-state index contributed by atoms with van der Waals surface area (Å²) in [6, 6.07) is 3.25. The number of hydrogen-bond donors (Lipinski definition) is 0. The Hall–Kier alpha value is -0.610. The molecule has 5 heteroatoms. The molecule has 1 heterocycles. The van der Waals surface area contributed by atoms with Gasteiger partial charge in [-0.25, -0.2) is 9.37 Å². The number of fused-ring (bicyclic) bond motifs is 1. The molecule has 0 bridgehead atoms. The van der Waals surface area contributed by atoms with Gasteiger partial charge in [-0.3, -0.25) is 0 Å². The molecule has 2 aromatic rings. The van der Waals surface area contributed by atoms with E-state index in [4.69, 9.17) is 11.6 Å². The van der Waals surface area contributed by atoms with Gasteiger partial charge in [0.1, 0.15) is 11.6 Å². The topological polar surface area (TPSA) is 17.8 Å². The van der Waals surface area contributed by atoms with Crippen LogP contribution >= 0.6 is 27.5 Å². The lowest BCUT2D eigenvalue weighted by molar-refractivity contribution is 0.210. The SMILES string of the molecule is CC(Cl)c1nc2cc(Br)c(F)cc2n1CC(C)(C)C(C)C. The van der Waals surface area contributed by atoms with Crippen LogP contribution in [0.1, 0.15) is 45.8 Å². The smallest absolute Gasteiger partial charge is 0.139 e. The van der Waals surface area contributed by atoms with Crippen LogP contribution < -0.4 is 0 Å². The molecule has 2 rings (SSSR count). The van der Waals surface area contributed by atoms with Crippen molar-refractivity contribution in [3.63, 3.8) is 0 Å². The van der Waals surface area contributed by atoms with E-state index in [0.29, 0.717) is 10.4 Å². The molecule has 2 nitrogen and oxygen atoms in total. The van der Waals surface area contributed by atoms with Gasteiger partial charge in [0, 0.05) is 12.6 Å². The number of rotatable bonds is 4.